The minimum atomic E-state index is -0.237. The van der Waals surface area contributed by atoms with Gasteiger partial charge in [-0.25, -0.2) is 0 Å². The molecule has 0 radical (unpaired) electrons. The Morgan fingerprint density at radius 1 is 1.00 bits per heavy atom. The standard InChI is InChI=1S/C23H32.2C2H6/c1-9-14-22(7)15-13-20(12-11-19(3)4)18-23(8,17-16-22)21(5,6)10-2;2*1-2/h13,15-19H,10H2,1-8H3;2*1-2H3/b15-13-,17-16-,20-18-;;. The minimum absolute atomic E-state index is 0.0514. The van der Waals surface area contributed by atoms with Gasteiger partial charge in [-0.3, -0.25) is 0 Å². The summed E-state index contributed by atoms with van der Waals surface area (Å²) in [5.41, 5.74) is 0.958. The molecule has 0 bridgehead atoms. The van der Waals surface area contributed by atoms with Gasteiger partial charge in [-0.2, -0.15) is 0 Å². The Bertz CT molecular complexity index is 631. The van der Waals surface area contributed by atoms with E-state index < -0.39 is 0 Å². The van der Waals surface area contributed by atoms with Gasteiger partial charge in [0.1, 0.15) is 0 Å². The number of rotatable bonds is 2. The van der Waals surface area contributed by atoms with Gasteiger partial charge >= 0.3 is 0 Å². The number of hydrogen-bond acceptors (Lipinski definition) is 0. The van der Waals surface area contributed by atoms with Crippen LogP contribution in [-0.4, -0.2) is 0 Å². The van der Waals surface area contributed by atoms with E-state index in [1.807, 2.05) is 34.6 Å². The molecular formula is C27H44. The van der Waals surface area contributed by atoms with E-state index in [-0.39, 0.29) is 16.2 Å². The fourth-order valence-corrected chi connectivity index (χ4v) is 2.54. The number of allylic oxidation sites excluding steroid dienone is 6. The van der Waals surface area contributed by atoms with Gasteiger partial charge < -0.3 is 0 Å². The molecule has 0 aromatic rings. The molecule has 0 heterocycles. The lowest BCUT2D eigenvalue weighted by Crippen LogP contribution is -2.32. The molecule has 1 rings (SSSR count). The highest BCUT2D eigenvalue weighted by atomic mass is 14.4. The normalized spacial score (nSPS) is 28.0. The summed E-state index contributed by atoms with van der Waals surface area (Å²) in [7, 11) is 0. The van der Waals surface area contributed by atoms with E-state index in [0.29, 0.717) is 5.92 Å². The highest BCUT2D eigenvalue weighted by molar-refractivity contribution is 5.45. The van der Waals surface area contributed by atoms with Crippen LogP contribution in [0.2, 0.25) is 0 Å². The van der Waals surface area contributed by atoms with Crippen LogP contribution in [-0.2, 0) is 0 Å². The summed E-state index contributed by atoms with van der Waals surface area (Å²) in [6.45, 7) is 25.5. The summed E-state index contributed by atoms with van der Waals surface area (Å²) in [5.74, 6) is 13.4. The molecule has 2 unspecified atom stereocenters. The van der Waals surface area contributed by atoms with E-state index in [1.54, 1.807) is 0 Å². The Labute approximate surface area is 171 Å². The third-order valence-electron chi connectivity index (χ3n) is 5.08. The molecule has 0 saturated carbocycles. The van der Waals surface area contributed by atoms with Crippen LogP contribution >= 0.6 is 0 Å². The van der Waals surface area contributed by atoms with E-state index in [2.05, 4.69) is 103 Å². The van der Waals surface area contributed by atoms with E-state index in [0.717, 1.165) is 12.0 Å². The van der Waals surface area contributed by atoms with Crippen LogP contribution < -0.4 is 0 Å². The molecule has 27 heavy (non-hydrogen) atoms. The summed E-state index contributed by atoms with van der Waals surface area (Å²) >= 11 is 0. The minimum Gasteiger partial charge on any atom is -0.105 e. The van der Waals surface area contributed by atoms with Crippen molar-refractivity contribution < 1.29 is 0 Å². The first-order chi connectivity index (χ1) is 12.6. The molecule has 0 aromatic carbocycles. The second kappa shape index (κ2) is 12.7. The van der Waals surface area contributed by atoms with Crippen molar-refractivity contribution >= 4 is 0 Å². The summed E-state index contributed by atoms with van der Waals surface area (Å²) < 4.78 is 0. The molecule has 0 N–H and O–H groups in total. The van der Waals surface area contributed by atoms with Crippen LogP contribution in [0.25, 0.3) is 0 Å². The van der Waals surface area contributed by atoms with E-state index >= 15 is 0 Å². The third-order valence-corrected chi connectivity index (χ3v) is 5.08. The molecule has 2 atom stereocenters. The summed E-state index contributed by atoms with van der Waals surface area (Å²) in [6, 6.07) is 0. The van der Waals surface area contributed by atoms with Crippen LogP contribution in [0.15, 0.2) is 36.0 Å². The van der Waals surface area contributed by atoms with Gasteiger partial charge in [-0.15, -0.1) is 5.92 Å². The van der Waals surface area contributed by atoms with Gasteiger partial charge in [-0.1, -0.05) is 111 Å². The maximum absolute atomic E-state index is 3.36. The number of hydrogen-bond donors (Lipinski definition) is 0. The largest absolute Gasteiger partial charge is 0.105 e. The SMILES string of the molecule is CC.CC.CC#CC1(C)/C=C\C(C#CC(C)C)=C/C(C)(C(C)(C)CC)/C=C\1. The Kier molecular flexibility index (Phi) is 12.9. The molecule has 152 valence electrons. The van der Waals surface area contributed by atoms with Crippen molar-refractivity contribution in [1.82, 2.24) is 0 Å². The van der Waals surface area contributed by atoms with Gasteiger partial charge in [0.05, 0.1) is 5.41 Å². The van der Waals surface area contributed by atoms with Crippen molar-refractivity contribution in [2.24, 2.45) is 22.2 Å². The molecule has 0 saturated heterocycles. The molecule has 0 fully saturated rings. The highest BCUT2D eigenvalue weighted by Gasteiger charge is 2.37. The van der Waals surface area contributed by atoms with Crippen molar-refractivity contribution in [2.75, 3.05) is 0 Å². The Morgan fingerprint density at radius 3 is 2.00 bits per heavy atom. The molecule has 0 aromatic heterocycles. The third kappa shape index (κ3) is 8.71. The highest BCUT2D eigenvalue weighted by Crippen LogP contribution is 2.46. The van der Waals surface area contributed by atoms with Crippen molar-refractivity contribution in [3.8, 4) is 23.7 Å². The summed E-state index contributed by atoms with van der Waals surface area (Å²) in [5, 5.41) is 0. The summed E-state index contributed by atoms with van der Waals surface area (Å²) in [4.78, 5) is 0. The van der Waals surface area contributed by atoms with E-state index in [4.69, 9.17) is 0 Å². The van der Waals surface area contributed by atoms with Crippen molar-refractivity contribution in [3.63, 3.8) is 0 Å². The van der Waals surface area contributed by atoms with Gasteiger partial charge in [0.25, 0.3) is 0 Å². The first-order valence-electron chi connectivity index (χ1n) is 10.7. The lowest BCUT2D eigenvalue weighted by atomic mass is 9.63. The van der Waals surface area contributed by atoms with Crippen LogP contribution in [0, 0.1) is 45.8 Å². The van der Waals surface area contributed by atoms with Crippen molar-refractivity contribution in [3.05, 3.63) is 36.0 Å². The molecule has 0 spiro atoms. The molecule has 0 aliphatic heterocycles. The van der Waals surface area contributed by atoms with Crippen molar-refractivity contribution in [1.29, 1.82) is 0 Å². The molecule has 0 amide bonds. The van der Waals surface area contributed by atoms with Crippen LogP contribution in [0.3, 0.4) is 0 Å². The van der Waals surface area contributed by atoms with Gasteiger partial charge in [-0.05, 0) is 31.8 Å². The molecule has 1 aliphatic carbocycles. The average Bonchev–Trinajstić information content (AvgIpc) is 2.64. The quantitative estimate of drug-likeness (QED) is 0.340. The predicted octanol–water partition coefficient (Wildman–Crippen LogP) is 8.22. The van der Waals surface area contributed by atoms with E-state index in [9.17, 15) is 0 Å². The van der Waals surface area contributed by atoms with Crippen LogP contribution in [0.1, 0.15) is 89.5 Å². The Balaban J connectivity index is 0. The molecular weight excluding hydrogens is 324 g/mol. The fourth-order valence-electron chi connectivity index (χ4n) is 2.54. The van der Waals surface area contributed by atoms with Crippen LogP contribution in [0.4, 0.5) is 0 Å². The molecule has 1 aliphatic rings. The van der Waals surface area contributed by atoms with Crippen LogP contribution in [0.5, 0.6) is 0 Å². The topological polar surface area (TPSA) is 0 Å². The average molecular weight is 369 g/mol. The predicted molar refractivity (Wildman–Crippen MR) is 125 cm³/mol. The van der Waals surface area contributed by atoms with Gasteiger partial charge in [0, 0.05) is 16.9 Å². The lowest BCUT2D eigenvalue weighted by Gasteiger charge is -2.41. The second-order valence-electron chi connectivity index (χ2n) is 7.87. The fraction of sp³-hybridized carbons (Fsp3) is 0.630. The Hall–Kier alpha value is -1.66. The van der Waals surface area contributed by atoms with Gasteiger partial charge in [0.2, 0.25) is 0 Å². The zero-order chi connectivity index (χ0) is 21.7. The van der Waals surface area contributed by atoms with Crippen molar-refractivity contribution in [2.45, 2.75) is 89.5 Å². The zero-order valence-electron chi connectivity index (χ0n) is 20.2. The monoisotopic (exact) mass is 368 g/mol. The van der Waals surface area contributed by atoms with E-state index in [1.165, 1.54) is 0 Å². The maximum Gasteiger partial charge on any atom is 0.0649 e. The summed E-state index contributed by atoms with van der Waals surface area (Å²) in [6.07, 6.45) is 12.3. The smallest absolute Gasteiger partial charge is 0.0649 e. The molecule has 0 nitrogen and oxygen atoms in total. The molecule has 0 heteroatoms. The first-order valence-corrected chi connectivity index (χ1v) is 10.7. The van der Waals surface area contributed by atoms with Gasteiger partial charge in [0.15, 0.2) is 0 Å². The zero-order valence-corrected chi connectivity index (χ0v) is 20.2. The first kappa shape index (κ1) is 27.6. The lowest BCUT2D eigenvalue weighted by molar-refractivity contribution is 0.189. The second-order valence-corrected chi connectivity index (χ2v) is 7.87. The maximum atomic E-state index is 3.36. The Morgan fingerprint density at radius 2 is 1.56 bits per heavy atom.